The molecule has 7 nitrogen and oxygen atoms in total. The minimum Gasteiger partial charge on any atom is -0.486 e. The zero-order valence-electron chi connectivity index (χ0n) is 17.5. The summed E-state index contributed by atoms with van der Waals surface area (Å²) in [5.41, 5.74) is 2.00. The van der Waals surface area contributed by atoms with E-state index in [-0.39, 0.29) is 6.10 Å². The number of aryl methyl sites for hydroxylation is 2. The van der Waals surface area contributed by atoms with Gasteiger partial charge in [-0.05, 0) is 38.1 Å². The predicted molar refractivity (Wildman–Crippen MR) is 116 cm³/mol. The minimum atomic E-state index is 0.0655. The van der Waals surface area contributed by atoms with E-state index in [4.69, 9.17) is 14.6 Å². The van der Waals surface area contributed by atoms with E-state index in [0.717, 1.165) is 67.2 Å². The second kappa shape index (κ2) is 7.99. The molecule has 0 unspecified atom stereocenters. The van der Waals surface area contributed by atoms with Gasteiger partial charge in [-0.3, -0.25) is 4.90 Å². The van der Waals surface area contributed by atoms with E-state index in [1.807, 2.05) is 61.0 Å². The Morgan fingerprint density at radius 1 is 0.933 bits per heavy atom. The van der Waals surface area contributed by atoms with Crippen molar-refractivity contribution in [2.24, 2.45) is 0 Å². The van der Waals surface area contributed by atoms with Gasteiger partial charge in [0.25, 0.3) is 0 Å². The smallest absolute Gasteiger partial charge is 0.161 e. The van der Waals surface area contributed by atoms with Crippen molar-refractivity contribution >= 4 is 5.82 Å². The summed E-state index contributed by atoms with van der Waals surface area (Å²) in [6.07, 6.45) is 0.0655. The fourth-order valence-electron chi connectivity index (χ4n) is 4.13. The molecule has 2 aliphatic rings. The molecule has 1 aromatic carbocycles. The molecular formula is C23H27N5O2. The van der Waals surface area contributed by atoms with E-state index < -0.39 is 0 Å². The molecule has 2 aromatic heterocycles. The van der Waals surface area contributed by atoms with Gasteiger partial charge in [0.2, 0.25) is 0 Å². The van der Waals surface area contributed by atoms with Crippen LogP contribution in [0.4, 0.5) is 5.82 Å². The van der Waals surface area contributed by atoms with E-state index >= 15 is 0 Å². The van der Waals surface area contributed by atoms with E-state index in [0.29, 0.717) is 6.61 Å². The lowest BCUT2D eigenvalue weighted by Gasteiger charge is -2.38. The van der Waals surface area contributed by atoms with Crippen LogP contribution in [0.2, 0.25) is 0 Å². The molecule has 0 saturated carbocycles. The molecule has 156 valence electrons. The number of aromatic nitrogens is 3. The molecule has 30 heavy (non-hydrogen) atoms. The normalized spacial score (nSPS) is 19.1. The van der Waals surface area contributed by atoms with Gasteiger partial charge in [0.05, 0.1) is 5.69 Å². The fraction of sp³-hybridized carbons (Fsp3) is 0.391. The molecule has 1 fully saturated rings. The van der Waals surface area contributed by atoms with Crippen LogP contribution in [0.25, 0.3) is 5.82 Å². The average Bonchev–Trinajstić information content (AvgIpc) is 3.16. The average molecular weight is 406 g/mol. The van der Waals surface area contributed by atoms with Crippen LogP contribution in [-0.4, -0.2) is 65.1 Å². The number of anilines is 1. The maximum atomic E-state index is 6.13. The van der Waals surface area contributed by atoms with E-state index in [9.17, 15) is 0 Å². The molecule has 1 atom stereocenters. The van der Waals surface area contributed by atoms with Crippen LogP contribution >= 0.6 is 0 Å². The van der Waals surface area contributed by atoms with E-state index in [1.54, 1.807) is 0 Å². The van der Waals surface area contributed by atoms with Crippen LogP contribution in [0.5, 0.6) is 11.5 Å². The summed E-state index contributed by atoms with van der Waals surface area (Å²) in [7, 11) is 0. The Hall–Kier alpha value is -3.06. The van der Waals surface area contributed by atoms with Gasteiger partial charge in [-0.15, -0.1) is 0 Å². The van der Waals surface area contributed by atoms with Gasteiger partial charge in [-0.25, -0.2) is 4.98 Å². The second-order valence-corrected chi connectivity index (χ2v) is 7.98. The van der Waals surface area contributed by atoms with Crippen LogP contribution in [0, 0.1) is 13.8 Å². The number of piperazine rings is 1. The Balaban J connectivity index is 1.23. The molecule has 0 amide bonds. The summed E-state index contributed by atoms with van der Waals surface area (Å²) in [4.78, 5) is 9.51. The molecule has 2 aliphatic heterocycles. The van der Waals surface area contributed by atoms with Gasteiger partial charge in [0.1, 0.15) is 18.5 Å². The summed E-state index contributed by atoms with van der Waals surface area (Å²) >= 11 is 0. The minimum absolute atomic E-state index is 0.0655. The first-order chi connectivity index (χ1) is 14.7. The molecule has 7 heteroatoms. The molecule has 3 aromatic rings. The van der Waals surface area contributed by atoms with Gasteiger partial charge < -0.3 is 14.4 Å². The van der Waals surface area contributed by atoms with Crippen LogP contribution in [0.3, 0.4) is 0 Å². The zero-order valence-corrected chi connectivity index (χ0v) is 17.5. The molecule has 0 N–H and O–H groups in total. The summed E-state index contributed by atoms with van der Waals surface area (Å²) in [6.45, 7) is 9.36. The van der Waals surface area contributed by atoms with Crippen molar-refractivity contribution in [2.45, 2.75) is 20.0 Å². The Morgan fingerprint density at radius 3 is 2.53 bits per heavy atom. The van der Waals surface area contributed by atoms with Crippen molar-refractivity contribution in [1.29, 1.82) is 0 Å². The lowest BCUT2D eigenvalue weighted by atomic mass is 10.2. The Kier molecular flexibility index (Phi) is 5.04. The molecule has 0 aliphatic carbocycles. The summed E-state index contributed by atoms with van der Waals surface area (Å²) < 4.78 is 14.0. The quantitative estimate of drug-likeness (QED) is 0.665. The number of nitrogens with zero attached hydrogens (tertiary/aromatic N) is 5. The largest absolute Gasteiger partial charge is 0.486 e. The highest BCUT2D eigenvalue weighted by Crippen LogP contribution is 2.31. The Bertz CT molecular complexity index is 1030. The fourth-order valence-corrected chi connectivity index (χ4v) is 4.13. The second-order valence-electron chi connectivity index (χ2n) is 7.98. The molecular weight excluding hydrogens is 378 g/mol. The molecule has 0 bridgehead atoms. The van der Waals surface area contributed by atoms with Crippen LogP contribution < -0.4 is 14.4 Å². The highest BCUT2D eigenvalue weighted by molar-refractivity contribution is 5.47. The third-order valence-electron chi connectivity index (χ3n) is 5.63. The SMILES string of the molecule is Cc1cccc(-n2nc(C)cc2N2CCN(C[C@H]3COc4ccccc4O3)CC2)n1. The van der Waals surface area contributed by atoms with Crippen LogP contribution in [0.1, 0.15) is 11.4 Å². The third kappa shape index (κ3) is 3.85. The Labute approximate surface area is 176 Å². The summed E-state index contributed by atoms with van der Waals surface area (Å²) in [5, 5.41) is 4.69. The number of rotatable bonds is 4. The molecule has 0 spiro atoms. The number of para-hydroxylation sites is 2. The van der Waals surface area contributed by atoms with Gasteiger partial charge in [0, 0.05) is 44.5 Å². The topological polar surface area (TPSA) is 55.7 Å². The first kappa shape index (κ1) is 18.9. The maximum Gasteiger partial charge on any atom is 0.161 e. The first-order valence-electron chi connectivity index (χ1n) is 10.5. The van der Waals surface area contributed by atoms with Crippen molar-refractivity contribution in [2.75, 3.05) is 44.2 Å². The number of hydrogen-bond acceptors (Lipinski definition) is 6. The molecule has 5 rings (SSSR count). The monoisotopic (exact) mass is 405 g/mol. The van der Waals surface area contributed by atoms with Crippen LogP contribution in [-0.2, 0) is 0 Å². The molecule has 0 radical (unpaired) electrons. The van der Waals surface area contributed by atoms with Crippen molar-refractivity contribution in [3.05, 3.63) is 59.9 Å². The van der Waals surface area contributed by atoms with Crippen molar-refractivity contribution < 1.29 is 9.47 Å². The first-order valence-corrected chi connectivity index (χ1v) is 10.5. The van der Waals surface area contributed by atoms with E-state index in [2.05, 4.69) is 20.9 Å². The number of fused-ring (bicyclic) bond motifs is 1. The van der Waals surface area contributed by atoms with Gasteiger partial charge >= 0.3 is 0 Å². The molecule has 1 saturated heterocycles. The highest BCUT2D eigenvalue weighted by Gasteiger charge is 2.26. The van der Waals surface area contributed by atoms with E-state index in [1.165, 1.54) is 0 Å². The standard InChI is InChI=1S/C23H27N5O2/c1-17-6-5-9-22(24-17)28-23(14-18(2)25-28)27-12-10-26(11-13-27)15-19-16-29-20-7-3-4-8-21(20)30-19/h3-9,14,19H,10-13,15-16H2,1-2H3/t19-/m0/s1. The Morgan fingerprint density at radius 2 is 1.73 bits per heavy atom. The number of benzene rings is 1. The summed E-state index contributed by atoms with van der Waals surface area (Å²) in [6, 6.07) is 16.1. The number of ether oxygens (including phenoxy) is 2. The van der Waals surface area contributed by atoms with Gasteiger partial charge in [-0.2, -0.15) is 9.78 Å². The van der Waals surface area contributed by atoms with Crippen molar-refractivity contribution in [1.82, 2.24) is 19.7 Å². The predicted octanol–water partition coefficient (Wildman–Crippen LogP) is 2.85. The van der Waals surface area contributed by atoms with Crippen molar-refractivity contribution in [3.63, 3.8) is 0 Å². The van der Waals surface area contributed by atoms with Gasteiger partial charge in [0.15, 0.2) is 17.3 Å². The maximum absolute atomic E-state index is 6.13. The van der Waals surface area contributed by atoms with Gasteiger partial charge in [-0.1, -0.05) is 18.2 Å². The lowest BCUT2D eigenvalue weighted by Crippen LogP contribution is -2.51. The highest BCUT2D eigenvalue weighted by atomic mass is 16.6. The summed E-state index contributed by atoms with van der Waals surface area (Å²) in [5.74, 6) is 3.66. The third-order valence-corrected chi connectivity index (χ3v) is 5.63. The number of hydrogen-bond donors (Lipinski definition) is 0. The molecule has 4 heterocycles. The zero-order chi connectivity index (χ0) is 20.5. The van der Waals surface area contributed by atoms with Crippen LogP contribution in [0.15, 0.2) is 48.5 Å². The lowest BCUT2D eigenvalue weighted by molar-refractivity contribution is 0.0570. The van der Waals surface area contributed by atoms with Crippen molar-refractivity contribution in [3.8, 4) is 17.3 Å². The number of pyridine rings is 1.